The maximum Gasteiger partial charge on any atom is 0.125 e. The van der Waals surface area contributed by atoms with Crippen LogP contribution in [0, 0.1) is 13.8 Å². The first-order valence-electron chi connectivity index (χ1n) is 5.65. The highest BCUT2D eigenvalue weighted by Gasteiger charge is 2.11. The van der Waals surface area contributed by atoms with Gasteiger partial charge in [-0.2, -0.15) is 5.10 Å². The summed E-state index contributed by atoms with van der Waals surface area (Å²) in [6.45, 7) is 4.68. The van der Waals surface area contributed by atoms with Gasteiger partial charge in [-0.1, -0.05) is 6.07 Å². The number of methoxy groups -OCH3 is 1. The molecule has 1 heterocycles. The number of nitrogen functional groups attached to an aromatic ring is 1. The molecule has 0 unspecified atom stereocenters. The van der Waals surface area contributed by atoms with Crippen molar-refractivity contribution >= 4 is 21.6 Å². The summed E-state index contributed by atoms with van der Waals surface area (Å²) in [6.07, 6.45) is 0. The van der Waals surface area contributed by atoms with Gasteiger partial charge in [0.1, 0.15) is 5.75 Å². The highest BCUT2D eigenvalue weighted by molar-refractivity contribution is 9.10. The van der Waals surface area contributed by atoms with Crippen molar-refractivity contribution in [3.05, 3.63) is 39.6 Å². The Kier molecular flexibility index (Phi) is 3.61. The predicted molar refractivity (Wildman–Crippen MR) is 75.9 cm³/mol. The molecule has 0 aliphatic heterocycles. The van der Waals surface area contributed by atoms with Crippen LogP contribution in [0.3, 0.4) is 0 Å². The molecule has 0 atom stereocenters. The summed E-state index contributed by atoms with van der Waals surface area (Å²) in [6, 6.07) is 5.67. The van der Waals surface area contributed by atoms with Crippen LogP contribution in [0.15, 0.2) is 22.7 Å². The van der Waals surface area contributed by atoms with Crippen LogP contribution in [0.5, 0.6) is 5.75 Å². The molecule has 0 fully saturated rings. The van der Waals surface area contributed by atoms with Crippen LogP contribution in [0.4, 0.5) is 5.69 Å². The second-order valence-electron chi connectivity index (χ2n) is 4.21. The van der Waals surface area contributed by atoms with E-state index in [4.69, 9.17) is 10.5 Å². The molecule has 2 N–H and O–H groups in total. The average molecular weight is 310 g/mol. The van der Waals surface area contributed by atoms with E-state index in [0.29, 0.717) is 12.2 Å². The Bertz CT molecular complexity index is 578. The lowest BCUT2D eigenvalue weighted by molar-refractivity contribution is 0.407. The Morgan fingerprint density at radius 2 is 2.11 bits per heavy atom. The summed E-state index contributed by atoms with van der Waals surface area (Å²) in [5.41, 5.74) is 9.59. The second kappa shape index (κ2) is 5.02. The van der Waals surface area contributed by atoms with Gasteiger partial charge in [-0.25, -0.2) is 0 Å². The van der Waals surface area contributed by atoms with Crippen LogP contribution in [0.2, 0.25) is 0 Å². The largest absolute Gasteiger partial charge is 0.496 e. The molecular formula is C13H16BrN3O. The van der Waals surface area contributed by atoms with Crippen LogP contribution >= 0.6 is 15.9 Å². The molecule has 0 spiro atoms. The van der Waals surface area contributed by atoms with E-state index >= 15 is 0 Å². The third kappa shape index (κ3) is 2.36. The fourth-order valence-electron chi connectivity index (χ4n) is 1.88. The average Bonchev–Trinajstić information content (AvgIpc) is 2.59. The molecule has 96 valence electrons. The predicted octanol–water partition coefficient (Wildman–Crippen LogP) is 2.90. The van der Waals surface area contributed by atoms with Gasteiger partial charge in [0.2, 0.25) is 0 Å². The normalized spacial score (nSPS) is 10.7. The first kappa shape index (κ1) is 13.0. The van der Waals surface area contributed by atoms with Crippen molar-refractivity contribution in [3.63, 3.8) is 0 Å². The van der Waals surface area contributed by atoms with E-state index in [1.807, 2.05) is 36.7 Å². The van der Waals surface area contributed by atoms with Crippen LogP contribution in [0.25, 0.3) is 0 Å². The maximum atomic E-state index is 5.74. The molecule has 1 aromatic carbocycles. The molecular weight excluding hydrogens is 294 g/mol. The molecule has 1 aromatic heterocycles. The number of aryl methyl sites for hydroxylation is 1. The number of halogens is 1. The lowest BCUT2D eigenvalue weighted by Crippen LogP contribution is -2.06. The lowest BCUT2D eigenvalue weighted by atomic mass is 10.2. The van der Waals surface area contributed by atoms with Crippen molar-refractivity contribution in [1.82, 2.24) is 9.78 Å². The number of rotatable bonds is 3. The zero-order valence-corrected chi connectivity index (χ0v) is 12.3. The van der Waals surface area contributed by atoms with E-state index in [1.54, 1.807) is 7.11 Å². The van der Waals surface area contributed by atoms with Gasteiger partial charge in [-0.3, -0.25) is 4.68 Å². The molecule has 4 nitrogen and oxygen atoms in total. The van der Waals surface area contributed by atoms with E-state index in [-0.39, 0.29) is 0 Å². The molecule has 0 radical (unpaired) electrons. The first-order valence-corrected chi connectivity index (χ1v) is 6.44. The van der Waals surface area contributed by atoms with Crippen molar-refractivity contribution in [2.75, 3.05) is 12.8 Å². The number of hydrogen-bond acceptors (Lipinski definition) is 3. The van der Waals surface area contributed by atoms with Crippen molar-refractivity contribution in [3.8, 4) is 5.75 Å². The monoisotopic (exact) mass is 309 g/mol. The molecule has 2 aromatic rings. The number of nitrogens with two attached hydrogens (primary N) is 1. The van der Waals surface area contributed by atoms with Gasteiger partial charge in [0.25, 0.3) is 0 Å². The summed E-state index contributed by atoms with van der Waals surface area (Å²) >= 11 is 3.53. The third-order valence-corrected chi connectivity index (χ3v) is 4.07. The Hall–Kier alpha value is -1.49. The van der Waals surface area contributed by atoms with E-state index in [0.717, 1.165) is 27.2 Å². The number of ether oxygens (including phenoxy) is 1. The molecule has 2 rings (SSSR count). The highest BCUT2D eigenvalue weighted by Crippen LogP contribution is 2.25. The standard InChI is InChI=1S/C13H16BrN3O/c1-8-13(14)9(2)17(16-8)7-10-4-5-11(15)6-12(10)18-3/h4-6H,7,15H2,1-3H3. The summed E-state index contributed by atoms with van der Waals surface area (Å²) in [7, 11) is 1.65. The van der Waals surface area contributed by atoms with Crippen LogP contribution < -0.4 is 10.5 Å². The van der Waals surface area contributed by atoms with Gasteiger partial charge in [-0.05, 0) is 35.8 Å². The Morgan fingerprint density at radius 3 is 2.67 bits per heavy atom. The van der Waals surface area contributed by atoms with Crippen LogP contribution in [-0.4, -0.2) is 16.9 Å². The number of hydrogen-bond donors (Lipinski definition) is 1. The van der Waals surface area contributed by atoms with Gasteiger partial charge < -0.3 is 10.5 Å². The molecule has 0 bridgehead atoms. The fraction of sp³-hybridized carbons (Fsp3) is 0.308. The van der Waals surface area contributed by atoms with Gasteiger partial charge in [0.05, 0.1) is 29.5 Å². The molecule has 5 heteroatoms. The number of benzene rings is 1. The summed E-state index contributed by atoms with van der Waals surface area (Å²) in [4.78, 5) is 0. The van der Waals surface area contributed by atoms with Gasteiger partial charge in [0, 0.05) is 17.3 Å². The highest BCUT2D eigenvalue weighted by atomic mass is 79.9. The van der Waals surface area contributed by atoms with Crippen molar-refractivity contribution in [1.29, 1.82) is 0 Å². The van der Waals surface area contributed by atoms with E-state index in [9.17, 15) is 0 Å². The molecule has 0 aliphatic rings. The first-order chi connectivity index (χ1) is 8.52. The fourth-order valence-corrected chi connectivity index (χ4v) is 2.17. The van der Waals surface area contributed by atoms with E-state index < -0.39 is 0 Å². The van der Waals surface area contributed by atoms with Crippen molar-refractivity contribution < 1.29 is 4.74 Å². The summed E-state index contributed by atoms with van der Waals surface area (Å²) in [5.74, 6) is 0.790. The van der Waals surface area contributed by atoms with Crippen LogP contribution in [0.1, 0.15) is 17.0 Å². The number of nitrogens with zero attached hydrogens (tertiary/aromatic N) is 2. The smallest absolute Gasteiger partial charge is 0.125 e. The molecule has 18 heavy (non-hydrogen) atoms. The minimum Gasteiger partial charge on any atom is -0.496 e. The van der Waals surface area contributed by atoms with E-state index in [1.165, 1.54) is 0 Å². The molecule has 0 saturated carbocycles. The SMILES string of the molecule is COc1cc(N)ccc1Cn1nc(C)c(Br)c1C. The minimum absolute atomic E-state index is 0.668. The molecule has 0 amide bonds. The van der Waals surface area contributed by atoms with Crippen molar-refractivity contribution in [2.24, 2.45) is 0 Å². The zero-order chi connectivity index (χ0) is 13.3. The van der Waals surface area contributed by atoms with E-state index in [2.05, 4.69) is 21.0 Å². The number of aromatic nitrogens is 2. The Labute approximate surface area is 115 Å². The van der Waals surface area contributed by atoms with Crippen molar-refractivity contribution in [2.45, 2.75) is 20.4 Å². The lowest BCUT2D eigenvalue weighted by Gasteiger charge is -2.10. The third-order valence-electron chi connectivity index (χ3n) is 2.92. The topological polar surface area (TPSA) is 53.1 Å². The Morgan fingerprint density at radius 1 is 1.39 bits per heavy atom. The zero-order valence-electron chi connectivity index (χ0n) is 10.7. The molecule has 0 saturated heterocycles. The summed E-state index contributed by atoms with van der Waals surface area (Å²) < 4.78 is 8.35. The minimum atomic E-state index is 0.668. The van der Waals surface area contributed by atoms with Gasteiger partial charge >= 0.3 is 0 Å². The van der Waals surface area contributed by atoms with Gasteiger partial charge in [-0.15, -0.1) is 0 Å². The quantitative estimate of drug-likeness (QED) is 0.887. The Balaban J connectivity index is 2.36. The van der Waals surface area contributed by atoms with Crippen LogP contribution in [-0.2, 0) is 6.54 Å². The maximum absolute atomic E-state index is 5.74. The summed E-state index contributed by atoms with van der Waals surface area (Å²) in [5, 5.41) is 4.49. The number of anilines is 1. The van der Waals surface area contributed by atoms with Gasteiger partial charge in [0.15, 0.2) is 0 Å². The second-order valence-corrected chi connectivity index (χ2v) is 5.01. The molecule has 0 aliphatic carbocycles.